The zero-order valence-electron chi connectivity index (χ0n) is 15.3. The standard InChI is InChI=1S/C19H27NO5/c1-12-7-5-6-8-15(12)20-18(21)13(2)25-19(22)14-9-10-16(23-3)17(11-14)24-4/h9-13,15H,5-8H2,1-4H3,(H,20,21)/t12-,13-,15-/m1/s1. The fourth-order valence-corrected chi connectivity index (χ4v) is 3.08. The van der Waals surface area contributed by atoms with Gasteiger partial charge < -0.3 is 19.5 Å². The maximum Gasteiger partial charge on any atom is 0.339 e. The summed E-state index contributed by atoms with van der Waals surface area (Å²) in [6, 6.07) is 4.90. The van der Waals surface area contributed by atoms with Gasteiger partial charge in [0.25, 0.3) is 5.91 Å². The Labute approximate surface area is 148 Å². The Morgan fingerprint density at radius 1 is 1.12 bits per heavy atom. The number of methoxy groups -OCH3 is 2. The zero-order valence-corrected chi connectivity index (χ0v) is 15.3. The van der Waals surface area contributed by atoms with Crippen molar-refractivity contribution in [1.29, 1.82) is 0 Å². The number of carbonyl (C=O) groups excluding carboxylic acids is 2. The molecule has 6 nitrogen and oxygen atoms in total. The van der Waals surface area contributed by atoms with Gasteiger partial charge in [0.05, 0.1) is 19.8 Å². The van der Waals surface area contributed by atoms with Crippen LogP contribution in [0.5, 0.6) is 11.5 Å². The third-order valence-electron chi connectivity index (χ3n) is 4.71. The smallest absolute Gasteiger partial charge is 0.339 e. The molecule has 0 spiro atoms. The number of benzene rings is 1. The van der Waals surface area contributed by atoms with E-state index in [0.717, 1.165) is 19.3 Å². The van der Waals surface area contributed by atoms with Gasteiger partial charge >= 0.3 is 5.97 Å². The first kappa shape index (κ1) is 19.1. The van der Waals surface area contributed by atoms with E-state index >= 15 is 0 Å². The fourth-order valence-electron chi connectivity index (χ4n) is 3.08. The average molecular weight is 349 g/mol. The number of ether oxygens (including phenoxy) is 3. The van der Waals surface area contributed by atoms with Crippen molar-refractivity contribution in [2.24, 2.45) is 5.92 Å². The van der Waals surface area contributed by atoms with Crippen molar-refractivity contribution in [2.45, 2.75) is 51.7 Å². The second kappa shape index (κ2) is 8.74. The molecule has 1 fully saturated rings. The number of carbonyl (C=O) groups is 2. The van der Waals surface area contributed by atoms with E-state index in [-0.39, 0.29) is 11.9 Å². The van der Waals surface area contributed by atoms with Crippen molar-refractivity contribution in [3.63, 3.8) is 0 Å². The van der Waals surface area contributed by atoms with Crippen LogP contribution in [0.25, 0.3) is 0 Å². The fraction of sp³-hybridized carbons (Fsp3) is 0.579. The third-order valence-corrected chi connectivity index (χ3v) is 4.71. The zero-order chi connectivity index (χ0) is 18.4. The van der Waals surface area contributed by atoms with E-state index in [1.165, 1.54) is 26.7 Å². The number of esters is 1. The molecule has 1 aromatic carbocycles. The van der Waals surface area contributed by atoms with Gasteiger partial charge in [0.15, 0.2) is 17.6 Å². The molecule has 0 bridgehead atoms. The third kappa shape index (κ3) is 4.87. The Balaban J connectivity index is 1.96. The van der Waals surface area contributed by atoms with Crippen LogP contribution in [0.1, 0.15) is 49.9 Å². The van der Waals surface area contributed by atoms with Gasteiger partial charge in [-0.2, -0.15) is 0 Å². The van der Waals surface area contributed by atoms with Crippen molar-refractivity contribution in [2.75, 3.05) is 14.2 Å². The topological polar surface area (TPSA) is 73.9 Å². The van der Waals surface area contributed by atoms with Crippen LogP contribution in [0.15, 0.2) is 18.2 Å². The number of nitrogens with one attached hydrogen (secondary N) is 1. The summed E-state index contributed by atoms with van der Waals surface area (Å²) in [4.78, 5) is 24.6. The van der Waals surface area contributed by atoms with Crippen LogP contribution >= 0.6 is 0 Å². The summed E-state index contributed by atoms with van der Waals surface area (Å²) >= 11 is 0. The first-order valence-corrected chi connectivity index (χ1v) is 8.69. The molecule has 3 atom stereocenters. The minimum absolute atomic E-state index is 0.156. The largest absolute Gasteiger partial charge is 0.493 e. The molecule has 1 aromatic rings. The lowest BCUT2D eigenvalue weighted by atomic mass is 9.86. The summed E-state index contributed by atoms with van der Waals surface area (Å²) in [5.41, 5.74) is 0.309. The highest BCUT2D eigenvalue weighted by molar-refractivity contribution is 5.92. The molecule has 0 unspecified atom stereocenters. The van der Waals surface area contributed by atoms with Gasteiger partial charge in [-0.1, -0.05) is 19.8 Å². The molecule has 1 N–H and O–H groups in total. The van der Waals surface area contributed by atoms with Crippen LogP contribution in [-0.2, 0) is 9.53 Å². The minimum atomic E-state index is -0.852. The molecular weight excluding hydrogens is 322 g/mol. The van der Waals surface area contributed by atoms with E-state index in [1.807, 2.05) is 0 Å². The van der Waals surface area contributed by atoms with Gasteiger partial charge in [0.1, 0.15) is 0 Å². The van der Waals surface area contributed by atoms with Crippen LogP contribution in [0.4, 0.5) is 0 Å². The van der Waals surface area contributed by atoms with Crippen LogP contribution < -0.4 is 14.8 Å². The highest BCUT2D eigenvalue weighted by atomic mass is 16.5. The molecule has 1 saturated carbocycles. The van der Waals surface area contributed by atoms with Gasteiger partial charge in [0.2, 0.25) is 0 Å². The lowest BCUT2D eigenvalue weighted by Crippen LogP contribution is -2.45. The molecule has 0 heterocycles. The molecule has 6 heteroatoms. The van der Waals surface area contributed by atoms with E-state index in [0.29, 0.717) is 23.0 Å². The summed E-state index contributed by atoms with van der Waals surface area (Å²) in [7, 11) is 3.02. The Morgan fingerprint density at radius 3 is 2.44 bits per heavy atom. The molecule has 138 valence electrons. The first-order valence-electron chi connectivity index (χ1n) is 8.69. The van der Waals surface area contributed by atoms with Crippen LogP contribution in [0.2, 0.25) is 0 Å². The summed E-state index contributed by atoms with van der Waals surface area (Å²) in [5.74, 6) is 0.584. The summed E-state index contributed by atoms with van der Waals surface area (Å²) < 4.78 is 15.6. The predicted molar refractivity (Wildman–Crippen MR) is 94.0 cm³/mol. The van der Waals surface area contributed by atoms with Crippen molar-refractivity contribution >= 4 is 11.9 Å². The van der Waals surface area contributed by atoms with Crippen LogP contribution in [0.3, 0.4) is 0 Å². The monoisotopic (exact) mass is 349 g/mol. The molecule has 0 aliphatic heterocycles. The Bertz CT molecular complexity index is 616. The van der Waals surface area contributed by atoms with E-state index in [1.54, 1.807) is 19.1 Å². The molecule has 2 rings (SSSR count). The predicted octanol–water partition coefficient (Wildman–Crippen LogP) is 2.94. The lowest BCUT2D eigenvalue weighted by Gasteiger charge is -2.30. The molecule has 1 aliphatic carbocycles. The Hall–Kier alpha value is -2.24. The summed E-state index contributed by atoms with van der Waals surface area (Å²) in [6.45, 7) is 3.73. The molecular formula is C19H27NO5. The second-order valence-electron chi connectivity index (χ2n) is 6.49. The minimum Gasteiger partial charge on any atom is -0.493 e. The van der Waals surface area contributed by atoms with Crippen LogP contribution in [-0.4, -0.2) is 38.2 Å². The van der Waals surface area contributed by atoms with Gasteiger partial charge in [-0.25, -0.2) is 4.79 Å². The molecule has 1 aliphatic rings. The van der Waals surface area contributed by atoms with Crippen LogP contribution in [0, 0.1) is 5.92 Å². The maximum absolute atomic E-state index is 12.3. The SMILES string of the molecule is COc1ccc(C(=O)O[C@H](C)C(=O)N[C@@H]2CCCC[C@H]2C)cc1OC. The second-order valence-corrected chi connectivity index (χ2v) is 6.49. The van der Waals surface area contributed by atoms with Gasteiger partial charge in [-0.15, -0.1) is 0 Å². The van der Waals surface area contributed by atoms with Gasteiger partial charge in [-0.3, -0.25) is 4.79 Å². The highest BCUT2D eigenvalue weighted by Crippen LogP contribution is 2.28. The van der Waals surface area contributed by atoms with Crippen molar-refractivity contribution in [3.8, 4) is 11.5 Å². The molecule has 0 aromatic heterocycles. The van der Waals surface area contributed by atoms with E-state index in [9.17, 15) is 9.59 Å². The number of amides is 1. The Morgan fingerprint density at radius 2 is 1.80 bits per heavy atom. The van der Waals surface area contributed by atoms with E-state index in [2.05, 4.69) is 12.2 Å². The lowest BCUT2D eigenvalue weighted by molar-refractivity contribution is -0.130. The van der Waals surface area contributed by atoms with E-state index in [4.69, 9.17) is 14.2 Å². The maximum atomic E-state index is 12.3. The van der Waals surface area contributed by atoms with E-state index < -0.39 is 12.1 Å². The normalized spacial score (nSPS) is 21.1. The quantitative estimate of drug-likeness (QED) is 0.799. The molecule has 0 radical (unpaired) electrons. The Kier molecular flexibility index (Phi) is 6.67. The number of rotatable bonds is 6. The molecule has 1 amide bonds. The molecule has 25 heavy (non-hydrogen) atoms. The number of hydrogen-bond donors (Lipinski definition) is 1. The van der Waals surface area contributed by atoms with Crippen molar-refractivity contribution in [3.05, 3.63) is 23.8 Å². The average Bonchev–Trinajstić information content (AvgIpc) is 2.62. The number of hydrogen-bond acceptors (Lipinski definition) is 5. The van der Waals surface area contributed by atoms with Crippen molar-refractivity contribution < 1.29 is 23.8 Å². The highest BCUT2D eigenvalue weighted by Gasteiger charge is 2.26. The van der Waals surface area contributed by atoms with Gasteiger partial charge in [-0.05, 0) is 43.9 Å². The first-order chi connectivity index (χ1) is 12.0. The molecule has 0 saturated heterocycles. The van der Waals surface area contributed by atoms with Crippen molar-refractivity contribution in [1.82, 2.24) is 5.32 Å². The summed E-state index contributed by atoms with van der Waals surface area (Å²) in [6.07, 6.45) is 3.57. The van der Waals surface area contributed by atoms with Gasteiger partial charge in [0, 0.05) is 6.04 Å². The summed E-state index contributed by atoms with van der Waals surface area (Å²) in [5, 5.41) is 3.01.